The van der Waals surface area contributed by atoms with Gasteiger partial charge in [-0.15, -0.1) is 0 Å². The third kappa shape index (κ3) is 3.07. The van der Waals surface area contributed by atoms with Crippen molar-refractivity contribution in [3.63, 3.8) is 0 Å². The van der Waals surface area contributed by atoms with Crippen LogP contribution in [0.15, 0.2) is 48.8 Å². The summed E-state index contributed by atoms with van der Waals surface area (Å²) in [5.41, 5.74) is 6.68. The summed E-state index contributed by atoms with van der Waals surface area (Å²) in [7, 11) is 0. The normalized spacial score (nSPS) is 12.3. The molecule has 3 nitrogen and oxygen atoms in total. The van der Waals surface area contributed by atoms with Gasteiger partial charge in [-0.3, -0.25) is 5.41 Å². The molecule has 0 aliphatic heterocycles. The summed E-state index contributed by atoms with van der Waals surface area (Å²) in [5.74, 6) is -0.725. The second-order valence-corrected chi connectivity index (χ2v) is 3.62. The van der Waals surface area contributed by atoms with Gasteiger partial charge in [0.25, 0.3) is 0 Å². The van der Waals surface area contributed by atoms with Crippen LogP contribution in [0.3, 0.4) is 0 Å². The van der Waals surface area contributed by atoms with Gasteiger partial charge in [0.05, 0.1) is 5.56 Å². The zero-order valence-electron chi connectivity index (χ0n) is 10.1. The fraction of sp³-hybridized carbons (Fsp3) is 0.0714. The lowest BCUT2D eigenvalue weighted by molar-refractivity contribution is 0.474. The van der Waals surface area contributed by atoms with Crippen LogP contribution in [0.4, 0.5) is 4.39 Å². The summed E-state index contributed by atoms with van der Waals surface area (Å²) < 4.78 is 13.2. The summed E-state index contributed by atoms with van der Waals surface area (Å²) in [6, 6.07) is 4.58. The van der Waals surface area contributed by atoms with Crippen LogP contribution in [-0.2, 0) is 0 Å². The van der Waals surface area contributed by atoms with E-state index in [-0.39, 0.29) is 23.0 Å². The molecule has 0 saturated carbocycles. The Morgan fingerprint density at radius 3 is 2.61 bits per heavy atom. The van der Waals surface area contributed by atoms with Crippen LogP contribution in [0, 0.1) is 5.41 Å². The minimum absolute atomic E-state index is 0.117. The largest absolute Gasteiger partial charge is 0.507 e. The first kappa shape index (κ1) is 13.7. The zero-order chi connectivity index (χ0) is 13.7. The minimum atomic E-state index is -0.389. The van der Waals surface area contributed by atoms with Gasteiger partial charge in [-0.25, -0.2) is 4.39 Å². The Kier molecular flexibility index (Phi) is 4.43. The van der Waals surface area contributed by atoms with Crippen LogP contribution in [0.25, 0.3) is 5.57 Å². The number of nitrogens with one attached hydrogen (secondary N) is 1. The fourth-order valence-electron chi connectivity index (χ4n) is 1.43. The van der Waals surface area contributed by atoms with E-state index in [0.717, 1.165) is 0 Å². The van der Waals surface area contributed by atoms with Crippen molar-refractivity contribution in [3.05, 3.63) is 60.0 Å². The van der Waals surface area contributed by atoms with Gasteiger partial charge in [0.1, 0.15) is 17.4 Å². The molecule has 0 atom stereocenters. The Labute approximate surface area is 105 Å². The quantitative estimate of drug-likeness (QED) is 0.434. The van der Waals surface area contributed by atoms with Gasteiger partial charge < -0.3 is 10.8 Å². The van der Waals surface area contributed by atoms with E-state index in [1.807, 2.05) is 0 Å². The number of phenols is 1. The third-order valence-electron chi connectivity index (χ3n) is 2.41. The molecule has 1 aromatic carbocycles. The summed E-state index contributed by atoms with van der Waals surface area (Å²) in [6.07, 6.45) is 4.13. The number of hydrogen-bond donors (Lipinski definition) is 3. The van der Waals surface area contributed by atoms with Gasteiger partial charge in [-0.2, -0.15) is 0 Å². The molecule has 0 aliphatic carbocycles. The number of phenolic OH excluding ortho intramolecular Hbond substituents is 1. The Balaban J connectivity index is 3.25. The highest BCUT2D eigenvalue weighted by Crippen LogP contribution is 2.25. The van der Waals surface area contributed by atoms with E-state index in [1.54, 1.807) is 13.0 Å². The monoisotopic (exact) mass is 246 g/mol. The number of nitrogens with two attached hydrogens (primary N) is 1. The Morgan fingerprint density at radius 2 is 2.17 bits per heavy atom. The molecule has 94 valence electrons. The standard InChI is InChI=1S/C14H15FN2O/c1-3-9(7-11(15)4-2)10-5-6-12(14(16)17)13(18)8-10/h3-8,18H,1H2,2H3,(H3,16,17)/b9-7+,11-4+. The van der Waals surface area contributed by atoms with Crippen molar-refractivity contribution >= 4 is 11.4 Å². The molecule has 0 unspecified atom stereocenters. The van der Waals surface area contributed by atoms with Gasteiger partial charge in [-0.1, -0.05) is 24.8 Å². The fourth-order valence-corrected chi connectivity index (χ4v) is 1.43. The minimum Gasteiger partial charge on any atom is -0.507 e. The molecule has 0 saturated heterocycles. The molecule has 0 radical (unpaired) electrons. The molecular formula is C14H15FN2O. The highest BCUT2D eigenvalue weighted by Gasteiger charge is 2.07. The maximum absolute atomic E-state index is 13.2. The van der Waals surface area contributed by atoms with Crippen molar-refractivity contribution in [3.8, 4) is 5.75 Å². The van der Waals surface area contributed by atoms with E-state index < -0.39 is 0 Å². The average molecular weight is 246 g/mol. The molecule has 0 aromatic heterocycles. The predicted octanol–water partition coefficient (Wildman–Crippen LogP) is 3.12. The molecular weight excluding hydrogens is 231 g/mol. The highest BCUT2D eigenvalue weighted by atomic mass is 19.1. The van der Waals surface area contributed by atoms with E-state index in [2.05, 4.69) is 6.58 Å². The molecule has 0 fully saturated rings. The van der Waals surface area contributed by atoms with Gasteiger partial charge in [0, 0.05) is 0 Å². The number of halogens is 1. The van der Waals surface area contributed by atoms with Crippen molar-refractivity contribution in [2.24, 2.45) is 5.73 Å². The van der Waals surface area contributed by atoms with Crippen molar-refractivity contribution in [1.29, 1.82) is 5.41 Å². The van der Waals surface area contributed by atoms with Gasteiger partial charge in [0.2, 0.25) is 0 Å². The molecule has 1 aromatic rings. The van der Waals surface area contributed by atoms with E-state index >= 15 is 0 Å². The third-order valence-corrected chi connectivity index (χ3v) is 2.41. The maximum atomic E-state index is 13.2. The van der Waals surface area contributed by atoms with Crippen molar-refractivity contribution < 1.29 is 9.50 Å². The number of nitrogen functional groups attached to an aromatic ring is 1. The summed E-state index contributed by atoms with van der Waals surface area (Å²) in [5, 5.41) is 17.0. The molecule has 4 N–H and O–H groups in total. The van der Waals surface area contributed by atoms with Crippen LogP contribution in [0.5, 0.6) is 5.75 Å². The lowest BCUT2D eigenvalue weighted by atomic mass is 10.0. The highest BCUT2D eigenvalue weighted by molar-refractivity contribution is 5.98. The van der Waals surface area contributed by atoms with Crippen LogP contribution in [0.1, 0.15) is 18.1 Å². The molecule has 1 rings (SSSR count). The Bertz CT molecular complexity index is 545. The first-order valence-corrected chi connectivity index (χ1v) is 5.33. The molecule has 18 heavy (non-hydrogen) atoms. The molecule has 0 bridgehead atoms. The van der Waals surface area contributed by atoms with Crippen LogP contribution >= 0.6 is 0 Å². The Hall–Kier alpha value is -2.36. The first-order valence-electron chi connectivity index (χ1n) is 5.33. The SMILES string of the molecule is C=C/C(=C\C(F)=C/C)c1ccc(C(=N)N)c(O)c1. The Morgan fingerprint density at radius 1 is 1.50 bits per heavy atom. The number of benzene rings is 1. The lowest BCUT2D eigenvalue weighted by Gasteiger charge is -2.07. The number of allylic oxidation sites excluding steroid dienone is 5. The number of hydrogen-bond acceptors (Lipinski definition) is 2. The number of aromatic hydroxyl groups is 1. The van der Waals surface area contributed by atoms with Crippen LogP contribution < -0.4 is 5.73 Å². The summed E-state index contributed by atoms with van der Waals surface area (Å²) >= 11 is 0. The van der Waals surface area contributed by atoms with Crippen LogP contribution in [-0.4, -0.2) is 10.9 Å². The number of amidine groups is 1. The second kappa shape index (κ2) is 5.82. The van der Waals surface area contributed by atoms with E-state index in [4.69, 9.17) is 11.1 Å². The molecule has 0 amide bonds. The number of rotatable bonds is 4. The first-order chi connectivity index (χ1) is 8.49. The summed E-state index contributed by atoms with van der Waals surface area (Å²) in [4.78, 5) is 0. The van der Waals surface area contributed by atoms with E-state index in [0.29, 0.717) is 11.1 Å². The molecule has 0 heterocycles. The second-order valence-electron chi connectivity index (χ2n) is 3.62. The van der Waals surface area contributed by atoms with E-state index in [9.17, 15) is 9.50 Å². The van der Waals surface area contributed by atoms with Gasteiger partial charge in [-0.05, 0) is 36.3 Å². The predicted molar refractivity (Wildman–Crippen MR) is 72.2 cm³/mol. The smallest absolute Gasteiger partial charge is 0.127 e. The van der Waals surface area contributed by atoms with Crippen molar-refractivity contribution in [2.75, 3.05) is 0 Å². The molecule has 4 heteroatoms. The van der Waals surface area contributed by atoms with Crippen LogP contribution in [0.2, 0.25) is 0 Å². The average Bonchev–Trinajstić information content (AvgIpc) is 2.34. The molecule has 0 aliphatic rings. The lowest BCUT2D eigenvalue weighted by Crippen LogP contribution is -2.11. The van der Waals surface area contributed by atoms with Gasteiger partial charge in [0.15, 0.2) is 0 Å². The summed E-state index contributed by atoms with van der Waals surface area (Å²) in [6.45, 7) is 5.19. The van der Waals surface area contributed by atoms with Gasteiger partial charge >= 0.3 is 0 Å². The van der Waals surface area contributed by atoms with E-state index in [1.165, 1.54) is 30.4 Å². The van der Waals surface area contributed by atoms with Crippen molar-refractivity contribution in [2.45, 2.75) is 6.92 Å². The zero-order valence-corrected chi connectivity index (χ0v) is 10.1. The maximum Gasteiger partial charge on any atom is 0.127 e. The topological polar surface area (TPSA) is 70.1 Å². The van der Waals surface area contributed by atoms with Crippen molar-refractivity contribution in [1.82, 2.24) is 0 Å². The molecule has 0 spiro atoms.